The van der Waals surface area contributed by atoms with Crippen LogP contribution >= 0.6 is 0 Å². The first kappa shape index (κ1) is 29.6. The zero-order valence-corrected chi connectivity index (χ0v) is 29.7. The van der Waals surface area contributed by atoms with Crippen LogP contribution in [0.15, 0.2) is 170 Å². The maximum atomic E-state index is 5.34. The van der Waals surface area contributed by atoms with Crippen LogP contribution in [0.3, 0.4) is 0 Å². The van der Waals surface area contributed by atoms with Crippen molar-refractivity contribution < 1.29 is 0 Å². The Kier molecular flexibility index (Phi) is 5.74. The highest BCUT2D eigenvalue weighted by molar-refractivity contribution is 6.02. The first-order chi connectivity index (χ1) is 27.8. The summed E-state index contributed by atoms with van der Waals surface area (Å²) >= 11 is 0. The fourth-order valence-corrected chi connectivity index (χ4v) is 9.09. The molecule has 0 saturated carbocycles. The second kappa shape index (κ2) is 10.9. The molecule has 0 fully saturated rings. The number of hydrogen-bond acceptors (Lipinski definition) is 4. The molecule has 8 nitrogen and oxygen atoms in total. The molecule has 0 bridgehead atoms. The van der Waals surface area contributed by atoms with Crippen LogP contribution in [0.2, 0.25) is 0 Å². The van der Waals surface area contributed by atoms with Gasteiger partial charge in [-0.2, -0.15) is 0 Å². The van der Waals surface area contributed by atoms with Gasteiger partial charge in [-0.15, -0.1) is 0 Å². The molecule has 0 radical (unpaired) electrons. The van der Waals surface area contributed by atoms with Crippen molar-refractivity contribution in [2.75, 3.05) is 0 Å². The normalized spacial score (nSPS) is 12.3. The van der Waals surface area contributed by atoms with Gasteiger partial charge in [0.15, 0.2) is 0 Å². The van der Waals surface area contributed by atoms with E-state index >= 15 is 0 Å². The summed E-state index contributed by atoms with van der Waals surface area (Å²) in [7, 11) is 0. The monoisotopic (exact) mass is 716 g/mol. The van der Waals surface area contributed by atoms with Crippen LogP contribution in [0.5, 0.6) is 0 Å². The van der Waals surface area contributed by atoms with Gasteiger partial charge in [-0.25, -0.2) is 9.97 Å². The number of imidazole rings is 4. The van der Waals surface area contributed by atoms with Gasteiger partial charge in [0.05, 0.1) is 61.2 Å². The van der Waals surface area contributed by atoms with Gasteiger partial charge in [-0.1, -0.05) is 78.9 Å². The minimum atomic E-state index is 0.844. The van der Waals surface area contributed by atoms with Crippen molar-refractivity contribution in [1.29, 1.82) is 0 Å². The molecule has 0 N–H and O–H groups in total. The maximum absolute atomic E-state index is 5.34. The van der Waals surface area contributed by atoms with E-state index in [2.05, 4.69) is 157 Å². The minimum absolute atomic E-state index is 0.844. The number of pyridine rings is 2. The Labute approximate surface area is 318 Å². The Morgan fingerprint density at radius 3 is 1.46 bits per heavy atom. The highest BCUT2D eigenvalue weighted by atomic mass is 15.2. The molecule has 260 valence electrons. The third-order valence-electron chi connectivity index (χ3n) is 11.4. The van der Waals surface area contributed by atoms with E-state index in [1.165, 1.54) is 0 Å². The molecule has 0 spiro atoms. The molecule has 0 amide bonds. The van der Waals surface area contributed by atoms with E-state index in [-0.39, 0.29) is 0 Å². The third-order valence-corrected chi connectivity index (χ3v) is 11.4. The molecule has 56 heavy (non-hydrogen) atoms. The van der Waals surface area contributed by atoms with Crippen LogP contribution in [0.4, 0.5) is 0 Å². The van der Waals surface area contributed by atoms with Crippen molar-refractivity contribution in [3.63, 3.8) is 0 Å². The second-order valence-electron chi connectivity index (χ2n) is 14.4. The van der Waals surface area contributed by atoms with Crippen LogP contribution in [-0.2, 0) is 0 Å². The topological polar surface area (TPSA) is 70.2 Å². The number of nitrogens with zero attached hydrogens (tertiary/aromatic N) is 8. The first-order valence-electron chi connectivity index (χ1n) is 18.7. The molecular weight excluding hydrogens is 689 g/mol. The van der Waals surface area contributed by atoms with E-state index in [4.69, 9.17) is 19.9 Å². The fraction of sp³-hybridized carbons (Fsp3) is 0. The minimum Gasteiger partial charge on any atom is -0.278 e. The lowest BCUT2D eigenvalue weighted by molar-refractivity contribution is 1.11. The highest BCUT2D eigenvalue weighted by Crippen LogP contribution is 2.47. The molecule has 1 aliphatic rings. The molecule has 1 aliphatic carbocycles. The van der Waals surface area contributed by atoms with E-state index in [1.54, 1.807) is 0 Å². The lowest BCUT2D eigenvalue weighted by atomic mass is 9.84. The van der Waals surface area contributed by atoms with Gasteiger partial charge in [-0.05, 0) is 101 Å². The molecule has 0 atom stereocenters. The smallest absolute Gasteiger partial charge is 0.220 e. The fourth-order valence-electron chi connectivity index (χ4n) is 9.09. The van der Waals surface area contributed by atoms with E-state index in [9.17, 15) is 0 Å². The van der Waals surface area contributed by atoms with Crippen LogP contribution in [0.1, 0.15) is 0 Å². The summed E-state index contributed by atoms with van der Waals surface area (Å²) in [6, 6.07) is 55.7. The predicted octanol–water partition coefficient (Wildman–Crippen LogP) is 10.9. The molecule has 12 aromatic rings. The maximum Gasteiger partial charge on any atom is 0.220 e. The third kappa shape index (κ3) is 3.86. The lowest BCUT2D eigenvalue weighted by Crippen LogP contribution is -2.02. The van der Waals surface area contributed by atoms with Gasteiger partial charge < -0.3 is 0 Å². The van der Waals surface area contributed by atoms with Crippen LogP contribution in [-0.4, -0.2) is 37.9 Å². The molecular formula is C48H28N8. The summed E-state index contributed by atoms with van der Waals surface area (Å²) in [5.41, 5.74) is 18.8. The number of para-hydroxylation sites is 6. The second-order valence-corrected chi connectivity index (χ2v) is 14.4. The van der Waals surface area contributed by atoms with Gasteiger partial charge >= 0.3 is 0 Å². The molecule has 6 aromatic carbocycles. The molecule has 0 aliphatic heterocycles. The van der Waals surface area contributed by atoms with E-state index in [0.717, 1.165) is 112 Å². The van der Waals surface area contributed by atoms with E-state index in [1.807, 2.05) is 30.6 Å². The number of rotatable bonds is 2. The van der Waals surface area contributed by atoms with Gasteiger partial charge in [0.25, 0.3) is 0 Å². The first-order valence-corrected chi connectivity index (χ1v) is 18.7. The molecule has 8 heteroatoms. The molecule has 0 unspecified atom stereocenters. The van der Waals surface area contributed by atoms with Gasteiger partial charge in [-0.3, -0.25) is 27.9 Å². The Balaban J connectivity index is 1.07. The predicted molar refractivity (Wildman–Crippen MR) is 224 cm³/mol. The van der Waals surface area contributed by atoms with Crippen molar-refractivity contribution in [3.8, 4) is 56.1 Å². The van der Waals surface area contributed by atoms with Crippen molar-refractivity contribution in [3.05, 3.63) is 170 Å². The number of fused-ring (bicyclic) bond motifs is 18. The zero-order valence-electron chi connectivity index (χ0n) is 29.7. The summed E-state index contributed by atoms with van der Waals surface area (Å²) in [6.07, 6.45) is 3.71. The van der Waals surface area contributed by atoms with Crippen molar-refractivity contribution >= 4 is 55.7 Å². The highest BCUT2D eigenvalue weighted by Gasteiger charge is 2.25. The van der Waals surface area contributed by atoms with Crippen molar-refractivity contribution in [1.82, 2.24) is 37.9 Å². The quantitative estimate of drug-likeness (QED) is 0.179. The largest absolute Gasteiger partial charge is 0.278 e. The van der Waals surface area contributed by atoms with E-state index < -0.39 is 0 Å². The van der Waals surface area contributed by atoms with Crippen LogP contribution < -0.4 is 0 Å². The summed E-state index contributed by atoms with van der Waals surface area (Å²) in [4.78, 5) is 20.3. The summed E-state index contributed by atoms with van der Waals surface area (Å²) < 4.78 is 9.10. The molecule has 13 rings (SSSR count). The Morgan fingerprint density at radius 1 is 0.321 bits per heavy atom. The average molecular weight is 717 g/mol. The molecule has 6 aromatic heterocycles. The summed E-state index contributed by atoms with van der Waals surface area (Å²) in [5.74, 6) is 1.72. The SMILES string of the molecule is c1ccc2c(c1)-c1ccc(-n3c4ccccc4n4c5cc(-n6c7ccccc7n7c8ccccc8nc67)ccc5nc34)cc1-c1cccnc1-c1ncccc1-2. The lowest BCUT2D eigenvalue weighted by Gasteiger charge is -2.22. The van der Waals surface area contributed by atoms with Crippen molar-refractivity contribution in [2.24, 2.45) is 0 Å². The zero-order chi connectivity index (χ0) is 36.5. The summed E-state index contributed by atoms with van der Waals surface area (Å²) in [5, 5.41) is 0. The van der Waals surface area contributed by atoms with Gasteiger partial charge in [0.1, 0.15) is 0 Å². The standard InChI is InChI=1S/C48H28N8/c1-2-12-32-31(11-1)33-23-21-29(27-36(33)35-14-10-26-50-46(35)45-34(32)13-9-25-49-45)53-41-18-6-8-20-43(41)56-44-28-30(22-24-38(44)52-48(53)56)54-40-17-5-7-19-42(40)55-39-16-4-3-15-37(39)51-47(54)55/h1-28H. The Bertz CT molecular complexity index is 3610. The Hall–Kier alpha value is -7.84. The van der Waals surface area contributed by atoms with Gasteiger partial charge in [0.2, 0.25) is 11.6 Å². The molecule has 6 heterocycles. The number of benzene rings is 6. The average Bonchev–Trinajstić information content (AvgIpc) is 3.99. The molecule has 0 saturated heterocycles. The van der Waals surface area contributed by atoms with Gasteiger partial charge in [0, 0.05) is 29.2 Å². The van der Waals surface area contributed by atoms with E-state index in [0.29, 0.717) is 0 Å². The van der Waals surface area contributed by atoms with Crippen molar-refractivity contribution in [2.45, 2.75) is 0 Å². The Morgan fingerprint density at radius 2 is 0.786 bits per heavy atom. The number of aromatic nitrogens is 8. The number of hydrogen-bond donors (Lipinski definition) is 0. The van der Waals surface area contributed by atoms with Crippen LogP contribution in [0, 0.1) is 0 Å². The van der Waals surface area contributed by atoms with Crippen LogP contribution in [0.25, 0.3) is 112 Å². The summed E-state index contributed by atoms with van der Waals surface area (Å²) in [6.45, 7) is 0.